The Morgan fingerprint density at radius 2 is 1.42 bits per heavy atom. The first-order valence-corrected chi connectivity index (χ1v) is 5.57. The molecule has 0 N–H and O–H groups in total. The summed E-state index contributed by atoms with van der Waals surface area (Å²) >= 11 is 0. The maximum Gasteiger partial charge on any atom is 0.417 e. The minimum absolute atomic E-state index is 0.168. The summed E-state index contributed by atoms with van der Waals surface area (Å²) in [4.78, 5) is 0. The van der Waals surface area contributed by atoms with Crippen LogP contribution in [0.4, 0.5) is 13.2 Å². The van der Waals surface area contributed by atoms with E-state index in [-0.39, 0.29) is 6.40 Å². The van der Waals surface area contributed by atoms with Gasteiger partial charge in [-0.25, -0.2) is 0 Å². The highest BCUT2D eigenvalue weighted by atomic mass is 19.4. The van der Waals surface area contributed by atoms with Gasteiger partial charge in [0.05, 0.1) is 23.8 Å². The summed E-state index contributed by atoms with van der Waals surface area (Å²) in [5.41, 5.74) is 0.331. The lowest BCUT2D eigenvalue weighted by atomic mass is 10.0. The third-order valence-corrected chi connectivity index (χ3v) is 2.59. The molecule has 2 rings (SSSR count). The van der Waals surface area contributed by atoms with Crippen LogP contribution in [0.2, 0.25) is 0 Å². The molecule has 0 aliphatic carbocycles. The second kappa shape index (κ2) is 5.26. The molecule has 2 aromatic carbocycles. The molecule has 0 aliphatic rings. The Morgan fingerprint density at radius 3 is 1.84 bits per heavy atom. The number of halogens is 3. The zero-order valence-corrected chi connectivity index (χ0v) is 10.2. The van der Waals surface area contributed by atoms with E-state index in [1.165, 1.54) is 19.2 Å². The van der Waals surface area contributed by atoms with E-state index in [1.54, 1.807) is 24.3 Å². The first kappa shape index (κ1) is 12.0. The lowest BCUT2D eigenvalue weighted by Gasteiger charge is -2.04. The molecule has 0 unspecified atom stereocenters. The van der Waals surface area contributed by atoms with E-state index in [9.17, 15) is 13.2 Å². The van der Waals surface area contributed by atoms with Crippen LogP contribution in [0.3, 0.4) is 0 Å². The van der Waals surface area contributed by atoms with Crippen molar-refractivity contribution in [3.05, 3.63) is 71.6 Å². The van der Waals surface area contributed by atoms with Crippen LogP contribution in [-0.4, -0.2) is 7.11 Å². The molecule has 98 valence electrons. The first-order chi connectivity index (χ1) is 9.41. The molecular formula is C15H12F3O+. The minimum Gasteiger partial charge on any atom is -0.495 e. The summed E-state index contributed by atoms with van der Waals surface area (Å²) in [5.74, 6) is 0.661. The Bertz CT molecular complexity index is 561. The molecule has 0 fully saturated rings. The number of hydrogen-bond acceptors (Lipinski definition) is 1. The van der Waals surface area contributed by atoms with E-state index < -0.39 is 11.7 Å². The Morgan fingerprint density at radius 1 is 0.947 bits per heavy atom. The van der Waals surface area contributed by atoms with Gasteiger partial charge in [-0.2, -0.15) is 13.2 Å². The molecule has 2 aromatic rings. The molecule has 0 saturated heterocycles. The Hall–Kier alpha value is -2.10. The molecular weight excluding hydrogens is 253 g/mol. The molecule has 0 atom stereocenters. The quantitative estimate of drug-likeness (QED) is 0.752. The standard InChI is InChI=1S/C15H12F3O/c1-19-14-8-4-12(5-9-14)10-11-2-6-13(7-3-11)15(16,17)18/h2-10H,1H3/q+1/i10D. The number of alkyl halides is 3. The molecule has 0 heterocycles. The van der Waals surface area contributed by atoms with Crippen LogP contribution in [0.15, 0.2) is 48.5 Å². The monoisotopic (exact) mass is 266 g/mol. The van der Waals surface area contributed by atoms with Gasteiger partial charge in [0, 0.05) is 42.8 Å². The third-order valence-electron chi connectivity index (χ3n) is 2.59. The SMILES string of the molecule is [2H][C+](c1ccc(OC)cc1)c1ccc(C(F)(F)F)cc1. The molecule has 0 bridgehead atoms. The summed E-state index contributed by atoms with van der Waals surface area (Å²) in [6, 6.07) is 11.4. The minimum atomic E-state index is -4.36. The van der Waals surface area contributed by atoms with E-state index in [2.05, 4.69) is 0 Å². The van der Waals surface area contributed by atoms with Crippen LogP contribution in [0, 0.1) is 6.40 Å². The third kappa shape index (κ3) is 3.44. The highest BCUT2D eigenvalue weighted by Crippen LogP contribution is 2.29. The van der Waals surface area contributed by atoms with Crippen molar-refractivity contribution in [2.24, 2.45) is 0 Å². The van der Waals surface area contributed by atoms with E-state index in [4.69, 9.17) is 6.11 Å². The Kier molecular flexibility index (Phi) is 3.31. The topological polar surface area (TPSA) is 9.23 Å². The van der Waals surface area contributed by atoms with Gasteiger partial charge in [-0.3, -0.25) is 0 Å². The van der Waals surface area contributed by atoms with Crippen molar-refractivity contribution < 1.29 is 19.3 Å². The van der Waals surface area contributed by atoms with Gasteiger partial charge in [-0.15, -0.1) is 0 Å². The predicted octanol–water partition coefficient (Wildman–Crippen LogP) is 4.31. The summed E-state index contributed by atoms with van der Waals surface area (Å²) in [6.45, 7) is 0. The molecule has 0 radical (unpaired) electrons. The van der Waals surface area contributed by atoms with Crippen LogP contribution in [0.1, 0.15) is 18.1 Å². The van der Waals surface area contributed by atoms with Gasteiger partial charge in [-0.05, 0) is 12.1 Å². The maximum absolute atomic E-state index is 12.5. The van der Waals surface area contributed by atoms with E-state index in [1.807, 2.05) is 0 Å². The van der Waals surface area contributed by atoms with E-state index in [0.717, 1.165) is 12.1 Å². The van der Waals surface area contributed by atoms with Gasteiger partial charge < -0.3 is 4.74 Å². The Balaban J connectivity index is 2.22. The summed E-state index contributed by atoms with van der Waals surface area (Å²) in [6.07, 6.45) is -4.19. The van der Waals surface area contributed by atoms with Crippen LogP contribution in [-0.2, 0) is 6.18 Å². The summed E-state index contributed by atoms with van der Waals surface area (Å²) in [7, 11) is 1.54. The zero-order chi connectivity index (χ0) is 14.8. The van der Waals surface area contributed by atoms with Crippen LogP contribution in [0.5, 0.6) is 5.75 Å². The highest BCUT2D eigenvalue weighted by Gasteiger charge is 2.30. The van der Waals surface area contributed by atoms with Crippen molar-refractivity contribution in [3.8, 4) is 5.75 Å². The van der Waals surface area contributed by atoms with E-state index >= 15 is 0 Å². The molecule has 1 nitrogen and oxygen atoms in total. The van der Waals surface area contributed by atoms with Crippen molar-refractivity contribution in [1.82, 2.24) is 0 Å². The molecule has 19 heavy (non-hydrogen) atoms. The highest BCUT2D eigenvalue weighted by molar-refractivity contribution is 5.40. The van der Waals surface area contributed by atoms with Crippen molar-refractivity contribution in [1.29, 1.82) is 0 Å². The van der Waals surface area contributed by atoms with Gasteiger partial charge in [0.2, 0.25) is 0 Å². The van der Waals surface area contributed by atoms with Crippen molar-refractivity contribution in [3.63, 3.8) is 0 Å². The molecule has 0 saturated carbocycles. The molecule has 4 heteroatoms. The van der Waals surface area contributed by atoms with Crippen LogP contribution in [0.25, 0.3) is 0 Å². The smallest absolute Gasteiger partial charge is 0.417 e. The first-order valence-electron chi connectivity index (χ1n) is 6.07. The number of ether oxygens (including phenoxy) is 1. The van der Waals surface area contributed by atoms with Crippen molar-refractivity contribution in [2.75, 3.05) is 7.11 Å². The molecule has 0 amide bonds. The Labute approximate surface area is 111 Å². The van der Waals surface area contributed by atoms with Gasteiger partial charge in [0.25, 0.3) is 0 Å². The number of benzene rings is 2. The molecule has 0 aromatic heterocycles. The van der Waals surface area contributed by atoms with E-state index in [0.29, 0.717) is 16.9 Å². The maximum atomic E-state index is 12.5. The lowest BCUT2D eigenvalue weighted by Crippen LogP contribution is -2.04. The average Bonchev–Trinajstić information content (AvgIpc) is 2.46. The van der Waals surface area contributed by atoms with Crippen LogP contribution >= 0.6 is 0 Å². The lowest BCUT2D eigenvalue weighted by molar-refractivity contribution is -0.137. The normalized spacial score (nSPS) is 11.9. The fourth-order valence-electron chi connectivity index (χ4n) is 1.58. The average molecular weight is 266 g/mol. The predicted molar refractivity (Wildman–Crippen MR) is 66.9 cm³/mol. The van der Waals surface area contributed by atoms with Gasteiger partial charge in [-0.1, -0.05) is 0 Å². The molecule has 0 spiro atoms. The fraction of sp³-hybridized carbons (Fsp3) is 0.133. The number of hydrogen-bond donors (Lipinski definition) is 0. The second-order valence-electron chi connectivity index (χ2n) is 3.93. The molecule has 0 aliphatic heterocycles. The van der Waals surface area contributed by atoms with Gasteiger partial charge in [0.1, 0.15) is 7.12 Å². The van der Waals surface area contributed by atoms with Crippen LogP contribution < -0.4 is 4.74 Å². The number of methoxy groups -OCH3 is 1. The van der Waals surface area contributed by atoms with Crippen molar-refractivity contribution in [2.45, 2.75) is 6.18 Å². The van der Waals surface area contributed by atoms with Gasteiger partial charge >= 0.3 is 6.18 Å². The number of rotatable bonds is 3. The summed E-state index contributed by atoms with van der Waals surface area (Å²) in [5, 5.41) is 0. The summed E-state index contributed by atoms with van der Waals surface area (Å²) < 4.78 is 50.4. The largest absolute Gasteiger partial charge is 0.495 e. The van der Waals surface area contributed by atoms with Crippen molar-refractivity contribution >= 4 is 0 Å². The fourth-order valence-corrected chi connectivity index (χ4v) is 1.58. The second-order valence-corrected chi connectivity index (χ2v) is 3.93. The zero-order valence-electron chi connectivity index (χ0n) is 11.2. The van der Waals surface area contributed by atoms with Gasteiger partial charge in [0.15, 0.2) is 0 Å².